The fraction of sp³-hybridized carbons (Fsp3) is 0.278. The SMILES string of the molecule is CCCOc1cccc(C(=O)N[C@H](C)c2ccccc2)c1. The smallest absolute Gasteiger partial charge is 0.251 e. The minimum absolute atomic E-state index is 0.0288. The van der Waals surface area contributed by atoms with E-state index < -0.39 is 0 Å². The molecular formula is C18H21NO2. The maximum absolute atomic E-state index is 12.3. The second-order valence-corrected chi connectivity index (χ2v) is 4.98. The van der Waals surface area contributed by atoms with Crippen LogP contribution in [0.3, 0.4) is 0 Å². The minimum Gasteiger partial charge on any atom is -0.494 e. The molecular weight excluding hydrogens is 262 g/mol. The molecule has 1 atom stereocenters. The van der Waals surface area contributed by atoms with Crippen LogP contribution >= 0.6 is 0 Å². The molecule has 21 heavy (non-hydrogen) atoms. The van der Waals surface area contributed by atoms with Crippen molar-refractivity contribution in [2.45, 2.75) is 26.3 Å². The second-order valence-electron chi connectivity index (χ2n) is 4.98. The zero-order chi connectivity index (χ0) is 15.1. The molecule has 3 nitrogen and oxygen atoms in total. The molecule has 0 aliphatic carbocycles. The van der Waals surface area contributed by atoms with Crippen molar-refractivity contribution < 1.29 is 9.53 Å². The van der Waals surface area contributed by atoms with E-state index >= 15 is 0 Å². The molecule has 2 aromatic carbocycles. The van der Waals surface area contributed by atoms with Gasteiger partial charge in [-0.3, -0.25) is 4.79 Å². The Bertz CT molecular complexity index is 581. The van der Waals surface area contributed by atoms with E-state index in [0.29, 0.717) is 12.2 Å². The van der Waals surface area contributed by atoms with Gasteiger partial charge in [0.15, 0.2) is 0 Å². The molecule has 0 spiro atoms. The molecule has 0 heterocycles. The molecule has 110 valence electrons. The highest BCUT2D eigenvalue weighted by Crippen LogP contribution is 2.16. The molecule has 1 N–H and O–H groups in total. The zero-order valence-corrected chi connectivity index (χ0v) is 12.5. The molecule has 1 amide bonds. The molecule has 0 aliphatic heterocycles. The van der Waals surface area contributed by atoms with Gasteiger partial charge in [-0.05, 0) is 37.1 Å². The van der Waals surface area contributed by atoms with Crippen molar-refractivity contribution in [3.05, 3.63) is 65.7 Å². The van der Waals surface area contributed by atoms with Crippen molar-refractivity contribution in [1.29, 1.82) is 0 Å². The summed E-state index contributed by atoms with van der Waals surface area (Å²) in [6, 6.07) is 17.2. The van der Waals surface area contributed by atoms with Crippen LogP contribution in [0.4, 0.5) is 0 Å². The molecule has 2 aromatic rings. The minimum atomic E-state index is -0.0895. The van der Waals surface area contributed by atoms with Crippen LogP contribution < -0.4 is 10.1 Å². The normalized spacial score (nSPS) is 11.7. The summed E-state index contributed by atoms with van der Waals surface area (Å²) in [7, 11) is 0. The highest BCUT2D eigenvalue weighted by atomic mass is 16.5. The van der Waals surface area contributed by atoms with Crippen LogP contribution in [0.1, 0.15) is 42.2 Å². The predicted molar refractivity (Wildman–Crippen MR) is 84.6 cm³/mol. The van der Waals surface area contributed by atoms with Crippen molar-refractivity contribution in [2.24, 2.45) is 0 Å². The van der Waals surface area contributed by atoms with E-state index in [2.05, 4.69) is 12.2 Å². The lowest BCUT2D eigenvalue weighted by atomic mass is 10.1. The van der Waals surface area contributed by atoms with Crippen LogP contribution in [-0.4, -0.2) is 12.5 Å². The van der Waals surface area contributed by atoms with Crippen LogP contribution in [0.5, 0.6) is 5.75 Å². The quantitative estimate of drug-likeness (QED) is 0.871. The molecule has 0 bridgehead atoms. The van der Waals surface area contributed by atoms with Gasteiger partial charge in [0.25, 0.3) is 5.91 Å². The maximum Gasteiger partial charge on any atom is 0.251 e. The predicted octanol–water partition coefficient (Wildman–Crippen LogP) is 3.97. The van der Waals surface area contributed by atoms with E-state index in [4.69, 9.17) is 4.74 Å². The van der Waals surface area contributed by atoms with Gasteiger partial charge in [-0.2, -0.15) is 0 Å². The fourth-order valence-corrected chi connectivity index (χ4v) is 2.05. The van der Waals surface area contributed by atoms with Crippen LogP contribution in [-0.2, 0) is 0 Å². The summed E-state index contributed by atoms with van der Waals surface area (Å²) in [6.45, 7) is 4.69. The monoisotopic (exact) mass is 283 g/mol. The number of carbonyl (C=O) groups is 1. The average Bonchev–Trinajstić information content (AvgIpc) is 2.54. The van der Waals surface area contributed by atoms with E-state index in [-0.39, 0.29) is 11.9 Å². The number of benzene rings is 2. The van der Waals surface area contributed by atoms with E-state index in [1.54, 1.807) is 12.1 Å². The summed E-state index contributed by atoms with van der Waals surface area (Å²) in [4.78, 5) is 12.3. The van der Waals surface area contributed by atoms with Gasteiger partial charge in [-0.25, -0.2) is 0 Å². The first kappa shape index (κ1) is 15.1. The summed E-state index contributed by atoms with van der Waals surface area (Å²) in [6.07, 6.45) is 0.946. The van der Waals surface area contributed by atoms with Crippen molar-refractivity contribution in [1.82, 2.24) is 5.32 Å². The van der Waals surface area contributed by atoms with Gasteiger partial charge in [0.1, 0.15) is 5.75 Å². The van der Waals surface area contributed by atoms with Crippen LogP contribution in [0, 0.1) is 0 Å². The Labute approximate surface area is 126 Å². The van der Waals surface area contributed by atoms with Crippen molar-refractivity contribution in [3.63, 3.8) is 0 Å². The van der Waals surface area contributed by atoms with Crippen molar-refractivity contribution >= 4 is 5.91 Å². The first-order chi connectivity index (χ1) is 10.2. The summed E-state index contributed by atoms with van der Waals surface area (Å²) in [5.41, 5.74) is 1.70. The van der Waals surface area contributed by atoms with Crippen LogP contribution in [0.25, 0.3) is 0 Å². The summed E-state index contributed by atoms with van der Waals surface area (Å²) in [5.74, 6) is 0.644. The van der Waals surface area contributed by atoms with Crippen molar-refractivity contribution in [2.75, 3.05) is 6.61 Å². The third-order valence-corrected chi connectivity index (χ3v) is 3.22. The Kier molecular flexibility index (Phi) is 5.38. The molecule has 0 saturated heterocycles. The van der Waals surface area contributed by atoms with Gasteiger partial charge in [0, 0.05) is 5.56 Å². The topological polar surface area (TPSA) is 38.3 Å². The number of hydrogen-bond donors (Lipinski definition) is 1. The molecule has 0 unspecified atom stereocenters. The lowest BCUT2D eigenvalue weighted by Crippen LogP contribution is -2.26. The standard InChI is InChI=1S/C18H21NO2/c1-3-12-21-17-11-7-10-16(13-17)18(20)19-14(2)15-8-5-4-6-9-15/h4-11,13-14H,3,12H2,1-2H3,(H,19,20)/t14-/m1/s1. The Morgan fingerprint density at radius 1 is 1.14 bits per heavy atom. The van der Waals surface area contributed by atoms with Crippen LogP contribution in [0.15, 0.2) is 54.6 Å². The molecule has 0 fully saturated rings. The number of amides is 1. The average molecular weight is 283 g/mol. The van der Waals surface area contributed by atoms with E-state index in [9.17, 15) is 4.79 Å². The van der Waals surface area contributed by atoms with E-state index in [1.807, 2.05) is 49.4 Å². The summed E-state index contributed by atoms with van der Waals surface area (Å²) in [5, 5.41) is 3.00. The fourth-order valence-electron chi connectivity index (χ4n) is 2.05. The number of hydrogen-bond acceptors (Lipinski definition) is 2. The Morgan fingerprint density at radius 2 is 1.90 bits per heavy atom. The van der Waals surface area contributed by atoms with Crippen LogP contribution in [0.2, 0.25) is 0 Å². The van der Waals surface area contributed by atoms with Gasteiger partial charge >= 0.3 is 0 Å². The second kappa shape index (κ2) is 7.48. The largest absolute Gasteiger partial charge is 0.494 e. The lowest BCUT2D eigenvalue weighted by Gasteiger charge is -2.14. The van der Waals surface area contributed by atoms with E-state index in [0.717, 1.165) is 17.7 Å². The highest BCUT2D eigenvalue weighted by molar-refractivity contribution is 5.94. The van der Waals surface area contributed by atoms with Gasteiger partial charge in [-0.15, -0.1) is 0 Å². The summed E-state index contributed by atoms with van der Waals surface area (Å²) < 4.78 is 5.56. The Hall–Kier alpha value is -2.29. The van der Waals surface area contributed by atoms with E-state index in [1.165, 1.54) is 0 Å². The highest BCUT2D eigenvalue weighted by Gasteiger charge is 2.11. The number of nitrogens with one attached hydrogen (secondary N) is 1. The van der Waals surface area contributed by atoms with Gasteiger partial charge in [0.05, 0.1) is 12.6 Å². The first-order valence-corrected chi connectivity index (χ1v) is 7.29. The number of rotatable bonds is 6. The third kappa shape index (κ3) is 4.35. The Balaban J connectivity index is 2.03. The number of ether oxygens (including phenoxy) is 1. The molecule has 0 aliphatic rings. The van der Waals surface area contributed by atoms with Gasteiger partial charge in [0.2, 0.25) is 0 Å². The van der Waals surface area contributed by atoms with Gasteiger partial charge in [-0.1, -0.05) is 43.3 Å². The molecule has 2 rings (SSSR count). The molecule has 0 aromatic heterocycles. The molecule has 0 radical (unpaired) electrons. The zero-order valence-electron chi connectivity index (χ0n) is 12.5. The number of carbonyl (C=O) groups excluding carboxylic acids is 1. The molecule has 0 saturated carbocycles. The summed E-state index contributed by atoms with van der Waals surface area (Å²) >= 11 is 0. The lowest BCUT2D eigenvalue weighted by molar-refractivity contribution is 0.0939. The molecule has 3 heteroatoms. The van der Waals surface area contributed by atoms with Crippen molar-refractivity contribution in [3.8, 4) is 5.75 Å². The third-order valence-electron chi connectivity index (χ3n) is 3.22. The van der Waals surface area contributed by atoms with Gasteiger partial charge < -0.3 is 10.1 Å². The Morgan fingerprint density at radius 3 is 2.62 bits per heavy atom. The maximum atomic E-state index is 12.3. The first-order valence-electron chi connectivity index (χ1n) is 7.29.